The summed E-state index contributed by atoms with van der Waals surface area (Å²) in [4.78, 5) is 19.8. The van der Waals surface area contributed by atoms with Crippen LogP contribution in [0.15, 0.2) is 91.3 Å². The van der Waals surface area contributed by atoms with E-state index in [-0.39, 0.29) is 5.41 Å². The number of carbonyl (C=O) groups excluding carboxylic acids is 1. The molecule has 0 unspecified atom stereocenters. The van der Waals surface area contributed by atoms with Gasteiger partial charge in [0.1, 0.15) is 5.69 Å². The summed E-state index contributed by atoms with van der Waals surface area (Å²) in [6.07, 6.45) is 3.94. The van der Waals surface area contributed by atoms with Gasteiger partial charge in [-0.3, -0.25) is 9.47 Å². The third-order valence-corrected chi connectivity index (χ3v) is 8.10. The third kappa shape index (κ3) is 7.17. The summed E-state index contributed by atoms with van der Waals surface area (Å²) in [6.45, 7) is 3.96. The molecule has 0 saturated carbocycles. The maximum Gasteiger partial charge on any atom is 0.413 e. The Balaban J connectivity index is 1.33. The number of hydrogen-bond donors (Lipinski definition) is 1. The van der Waals surface area contributed by atoms with Crippen LogP contribution in [0.25, 0.3) is 0 Å². The van der Waals surface area contributed by atoms with E-state index >= 15 is 0 Å². The minimum Gasteiger partial charge on any atom is -0.391 e. The van der Waals surface area contributed by atoms with Crippen molar-refractivity contribution >= 4 is 17.7 Å². The number of methoxy groups -OCH3 is 1. The number of ether oxygens (including phenoxy) is 2. The lowest BCUT2D eigenvalue weighted by Crippen LogP contribution is -2.43. The van der Waals surface area contributed by atoms with Crippen LogP contribution in [0.1, 0.15) is 41.6 Å². The Kier molecular flexibility index (Phi) is 9.72. The number of nitrogens with zero attached hydrogens (tertiary/aromatic N) is 3. The van der Waals surface area contributed by atoms with Gasteiger partial charge in [0, 0.05) is 37.2 Å². The highest BCUT2D eigenvalue weighted by atomic mass is 35.5. The lowest BCUT2D eigenvalue weighted by Gasteiger charge is -2.42. The van der Waals surface area contributed by atoms with E-state index < -0.39 is 6.09 Å². The minimum absolute atomic E-state index is 0.0334. The first-order valence-corrected chi connectivity index (χ1v) is 14.5. The van der Waals surface area contributed by atoms with Gasteiger partial charge >= 0.3 is 6.09 Å². The monoisotopic (exact) mass is 572 g/mol. The van der Waals surface area contributed by atoms with Crippen molar-refractivity contribution in [1.29, 1.82) is 0 Å². The molecule has 0 spiro atoms. The summed E-state index contributed by atoms with van der Waals surface area (Å²) < 4.78 is 12.8. The number of benzene rings is 3. The number of imidazole rings is 1. The molecule has 214 valence electrons. The molecule has 4 aromatic rings. The van der Waals surface area contributed by atoms with Crippen molar-refractivity contribution in [3.63, 3.8) is 0 Å². The van der Waals surface area contributed by atoms with E-state index in [4.69, 9.17) is 26.1 Å². The molecule has 8 heteroatoms. The first-order chi connectivity index (χ1) is 20.1. The van der Waals surface area contributed by atoms with E-state index in [9.17, 15) is 4.79 Å². The lowest BCUT2D eigenvalue weighted by atomic mass is 9.68. The normalized spacial score (nSPS) is 15.0. The number of hydrogen-bond acceptors (Lipinski definition) is 5. The van der Waals surface area contributed by atoms with Gasteiger partial charge in [0.25, 0.3) is 0 Å². The fourth-order valence-electron chi connectivity index (χ4n) is 5.63. The second-order valence-corrected chi connectivity index (χ2v) is 10.9. The zero-order chi connectivity index (χ0) is 28.5. The van der Waals surface area contributed by atoms with Crippen molar-refractivity contribution in [3.05, 3.63) is 119 Å². The van der Waals surface area contributed by atoms with Gasteiger partial charge in [0.2, 0.25) is 5.88 Å². The Morgan fingerprint density at radius 3 is 2.17 bits per heavy atom. The molecule has 1 fully saturated rings. The number of rotatable bonds is 11. The molecule has 5 rings (SSSR count). The Labute approximate surface area is 247 Å². The molecule has 2 heterocycles. The molecule has 1 saturated heterocycles. The summed E-state index contributed by atoms with van der Waals surface area (Å²) in [5.74, 6) is 0.465. The van der Waals surface area contributed by atoms with E-state index in [1.165, 1.54) is 11.1 Å². The average Bonchev–Trinajstić information content (AvgIpc) is 3.37. The Hall–Kier alpha value is -3.65. The molecule has 1 N–H and O–H groups in total. The Morgan fingerprint density at radius 2 is 1.56 bits per heavy atom. The zero-order valence-corrected chi connectivity index (χ0v) is 24.2. The summed E-state index contributed by atoms with van der Waals surface area (Å²) in [5, 5.41) is 3.50. The highest BCUT2D eigenvalue weighted by Crippen LogP contribution is 2.42. The smallest absolute Gasteiger partial charge is 0.391 e. The van der Waals surface area contributed by atoms with Crippen LogP contribution in [0.2, 0.25) is 5.02 Å². The fraction of sp³-hybridized carbons (Fsp3) is 0.333. The van der Waals surface area contributed by atoms with Crippen LogP contribution in [0.5, 0.6) is 5.88 Å². The number of halogens is 1. The van der Waals surface area contributed by atoms with E-state index in [2.05, 4.69) is 70.9 Å². The van der Waals surface area contributed by atoms with Crippen LogP contribution in [-0.2, 0) is 23.2 Å². The molecule has 1 aliphatic heterocycles. The summed E-state index contributed by atoms with van der Waals surface area (Å²) >= 11 is 6.09. The zero-order valence-electron chi connectivity index (χ0n) is 23.5. The Bertz CT molecular complexity index is 1340. The maximum absolute atomic E-state index is 12.7. The number of carbonyl (C=O) groups is 1. The molecular formula is C33H37ClN4O3. The largest absolute Gasteiger partial charge is 0.413 e. The highest BCUT2D eigenvalue weighted by Gasteiger charge is 2.38. The van der Waals surface area contributed by atoms with Gasteiger partial charge in [-0.2, -0.15) is 0 Å². The maximum atomic E-state index is 12.7. The molecule has 41 heavy (non-hydrogen) atoms. The van der Waals surface area contributed by atoms with Crippen LogP contribution in [0.4, 0.5) is 4.79 Å². The van der Waals surface area contributed by atoms with Crippen LogP contribution in [0.3, 0.4) is 0 Å². The third-order valence-electron chi connectivity index (χ3n) is 7.85. The van der Waals surface area contributed by atoms with Crippen LogP contribution < -0.4 is 10.1 Å². The van der Waals surface area contributed by atoms with E-state index in [0.717, 1.165) is 37.2 Å². The van der Waals surface area contributed by atoms with Gasteiger partial charge in [-0.05, 0) is 61.2 Å². The molecular weight excluding hydrogens is 536 g/mol. The predicted molar refractivity (Wildman–Crippen MR) is 161 cm³/mol. The molecule has 0 radical (unpaired) electrons. The standard InChI is InChI=1S/C33H37ClN4O3/c1-40-22-8-19-35-32(39)41-31-30(36-25-38(31)23-26-13-15-29(34)16-14-26)24-37-20-17-33(18-21-37,27-9-4-2-5-10-27)28-11-6-3-7-12-28/h2-7,9-16,25H,8,17-24H2,1H3,(H,35,39). The average molecular weight is 573 g/mol. The van der Waals surface area contributed by atoms with Gasteiger partial charge in [0.05, 0.1) is 12.9 Å². The number of likely N-dealkylation sites (tertiary alicyclic amines) is 1. The van der Waals surface area contributed by atoms with Gasteiger partial charge in [0.15, 0.2) is 0 Å². The topological polar surface area (TPSA) is 68.6 Å². The van der Waals surface area contributed by atoms with E-state index in [0.29, 0.717) is 43.6 Å². The predicted octanol–water partition coefficient (Wildman–Crippen LogP) is 6.29. The first kappa shape index (κ1) is 28.9. The molecule has 1 aliphatic rings. The molecule has 1 aromatic heterocycles. The molecule has 0 bridgehead atoms. The summed E-state index contributed by atoms with van der Waals surface area (Å²) in [6, 6.07) is 29.3. The minimum atomic E-state index is -0.494. The van der Waals surface area contributed by atoms with Crippen molar-refractivity contribution in [2.24, 2.45) is 0 Å². The molecule has 1 amide bonds. The van der Waals surface area contributed by atoms with Gasteiger partial charge in [-0.1, -0.05) is 84.4 Å². The fourth-order valence-corrected chi connectivity index (χ4v) is 5.76. The van der Waals surface area contributed by atoms with Gasteiger partial charge in [-0.15, -0.1) is 0 Å². The number of amides is 1. The quantitative estimate of drug-likeness (QED) is 0.214. The van der Waals surface area contributed by atoms with Crippen LogP contribution in [-0.4, -0.2) is 53.9 Å². The van der Waals surface area contributed by atoms with Crippen molar-refractivity contribution in [2.45, 2.75) is 37.8 Å². The van der Waals surface area contributed by atoms with Crippen LogP contribution >= 0.6 is 11.6 Å². The number of nitrogens with one attached hydrogen (secondary N) is 1. The Morgan fingerprint density at radius 1 is 0.927 bits per heavy atom. The van der Waals surface area contributed by atoms with Crippen molar-refractivity contribution < 1.29 is 14.3 Å². The molecule has 7 nitrogen and oxygen atoms in total. The summed E-state index contributed by atoms with van der Waals surface area (Å²) in [7, 11) is 1.64. The molecule has 0 atom stereocenters. The van der Waals surface area contributed by atoms with Crippen molar-refractivity contribution in [3.8, 4) is 5.88 Å². The highest BCUT2D eigenvalue weighted by molar-refractivity contribution is 6.30. The van der Waals surface area contributed by atoms with Gasteiger partial charge < -0.3 is 14.8 Å². The second kappa shape index (κ2) is 13.8. The first-order valence-electron chi connectivity index (χ1n) is 14.1. The molecule has 0 aliphatic carbocycles. The SMILES string of the molecule is COCCCNC(=O)Oc1c(CN2CCC(c3ccccc3)(c3ccccc3)CC2)ncn1Cc1ccc(Cl)cc1. The number of piperidine rings is 1. The van der Waals surface area contributed by atoms with Crippen molar-refractivity contribution in [2.75, 3.05) is 33.4 Å². The van der Waals surface area contributed by atoms with Crippen LogP contribution in [0, 0.1) is 0 Å². The van der Waals surface area contributed by atoms with Gasteiger partial charge in [-0.25, -0.2) is 9.78 Å². The summed E-state index contributed by atoms with van der Waals surface area (Å²) in [5.41, 5.74) is 4.46. The number of aromatic nitrogens is 2. The van der Waals surface area contributed by atoms with E-state index in [1.807, 2.05) is 28.8 Å². The lowest BCUT2D eigenvalue weighted by molar-refractivity contribution is 0.166. The van der Waals surface area contributed by atoms with Crippen molar-refractivity contribution in [1.82, 2.24) is 19.8 Å². The second-order valence-electron chi connectivity index (χ2n) is 10.5. The molecule has 3 aromatic carbocycles. The van der Waals surface area contributed by atoms with E-state index in [1.54, 1.807) is 13.4 Å².